The third-order valence-electron chi connectivity index (χ3n) is 5.08. The maximum atomic E-state index is 12.5. The van der Waals surface area contributed by atoms with Crippen molar-refractivity contribution in [1.29, 1.82) is 0 Å². The summed E-state index contributed by atoms with van der Waals surface area (Å²) in [6, 6.07) is 6.46. The van der Waals surface area contributed by atoms with Crippen LogP contribution in [0.15, 0.2) is 18.2 Å². The van der Waals surface area contributed by atoms with E-state index in [-0.39, 0.29) is 30.7 Å². The van der Waals surface area contributed by atoms with Gasteiger partial charge in [-0.15, -0.1) is 36.2 Å². The van der Waals surface area contributed by atoms with Gasteiger partial charge < -0.3 is 10.6 Å². The van der Waals surface area contributed by atoms with Crippen molar-refractivity contribution in [1.82, 2.24) is 15.6 Å². The molecule has 1 amide bonds. The maximum Gasteiger partial charge on any atom is 0.263 e. The van der Waals surface area contributed by atoms with Crippen LogP contribution >= 0.6 is 36.2 Å². The fourth-order valence-electron chi connectivity index (χ4n) is 3.70. The Morgan fingerprint density at radius 2 is 1.96 bits per heavy atom. The Morgan fingerprint density at radius 3 is 2.73 bits per heavy atom. The van der Waals surface area contributed by atoms with Gasteiger partial charge in [0.05, 0.1) is 10.7 Å². The minimum absolute atomic E-state index is 0. The van der Waals surface area contributed by atoms with E-state index in [1.54, 1.807) is 11.3 Å². The molecule has 1 saturated carbocycles. The average molecular weight is 414 g/mol. The summed E-state index contributed by atoms with van der Waals surface area (Å²) in [6.45, 7) is 4.40. The molecule has 2 aromatic rings. The maximum absolute atomic E-state index is 12.5. The van der Waals surface area contributed by atoms with Crippen LogP contribution in [0.4, 0.5) is 0 Å². The molecule has 2 heterocycles. The van der Waals surface area contributed by atoms with Crippen molar-refractivity contribution in [3.05, 3.63) is 50.5 Å². The molecule has 1 aliphatic heterocycles. The largest absolute Gasteiger partial charge is 0.347 e. The van der Waals surface area contributed by atoms with Crippen LogP contribution in [0.25, 0.3) is 0 Å². The second-order valence-corrected chi connectivity index (χ2v) is 7.87. The number of fused-ring (bicyclic) bond motifs is 1. The van der Waals surface area contributed by atoms with Crippen molar-refractivity contribution in [3.63, 3.8) is 0 Å². The van der Waals surface area contributed by atoms with Crippen molar-refractivity contribution in [3.8, 4) is 0 Å². The molecular weight excluding hydrogens is 389 g/mol. The Kier molecular flexibility index (Phi) is 7.47. The monoisotopic (exact) mass is 413 g/mol. The van der Waals surface area contributed by atoms with Crippen molar-refractivity contribution in [2.75, 3.05) is 0 Å². The standard InChI is InChI=1S/C19H23N3OS.2ClH/c1-12-17(24-19(22-12)14-4-2-3-5-14)18(23)21-9-13-6-7-15-10-20-11-16(15)8-13;;/h6-8,14,20H,2-5,9-11H2,1H3,(H,21,23);2*1H. The van der Waals surface area contributed by atoms with Gasteiger partial charge in [0.25, 0.3) is 5.91 Å². The SMILES string of the molecule is Cc1nc(C2CCCC2)sc1C(=O)NCc1ccc2c(c1)CNC2.Cl.Cl. The molecule has 142 valence electrons. The highest BCUT2D eigenvalue weighted by atomic mass is 35.5. The van der Waals surface area contributed by atoms with E-state index < -0.39 is 0 Å². The highest BCUT2D eigenvalue weighted by Gasteiger charge is 2.23. The molecular formula is C19H25Cl2N3OS. The van der Waals surface area contributed by atoms with E-state index in [9.17, 15) is 4.79 Å². The van der Waals surface area contributed by atoms with E-state index in [1.165, 1.54) is 36.8 Å². The van der Waals surface area contributed by atoms with Gasteiger partial charge in [-0.2, -0.15) is 0 Å². The lowest BCUT2D eigenvalue weighted by molar-refractivity contribution is 0.0954. The highest BCUT2D eigenvalue weighted by Crippen LogP contribution is 2.37. The molecule has 7 heteroatoms. The van der Waals surface area contributed by atoms with Crippen LogP contribution in [0.2, 0.25) is 0 Å². The normalized spacial score (nSPS) is 15.9. The first-order chi connectivity index (χ1) is 11.7. The van der Waals surface area contributed by atoms with Gasteiger partial charge in [0.2, 0.25) is 0 Å². The van der Waals surface area contributed by atoms with Crippen LogP contribution < -0.4 is 10.6 Å². The Morgan fingerprint density at radius 1 is 1.23 bits per heavy atom. The molecule has 0 atom stereocenters. The first-order valence-electron chi connectivity index (χ1n) is 8.77. The second-order valence-electron chi connectivity index (χ2n) is 6.84. The Bertz CT molecular complexity index is 772. The molecule has 2 aliphatic rings. The van der Waals surface area contributed by atoms with Gasteiger partial charge in [0.1, 0.15) is 4.88 Å². The number of benzene rings is 1. The summed E-state index contributed by atoms with van der Waals surface area (Å²) < 4.78 is 0. The molecule has 0 radical (unpaired) electrons. The smallest absolute Gasteiger partial charge is 0.263 e. The van der Waals surface area contributed by atoms with Crippen molar-refractivity contribution < 1.29 is 4.79 Å². The van der Waals surface area contributed by atoms with Crippen LogP contribution in [-0.4, -0.2) is 10.9 Å². The Labute approximate surface area is 171 Å². The number of hydrogen-bond donors (Lipinski definition) is 2. The third kappa shape index (κ3) is 4.39. The first-order valence-corrected chi connectivity index (χ1v) is 9.59. The summed E-state index contributed by atoms with van der Waals surface area (Å²) in [5.41, 5.74) is 4.74. The van der Waals surface area contributed by atoms with E-state index in [0.29, 0.717) is 12.5 Å². The number of halogens is 2. The summed E-state index contributed by atoms with van der Waals surface area (Å²) in [5.74, 6) is 0.576. The number of carbonyl (C=O) groups is 1. The number of amides is 1. The summed E-state index contributed by atoms with van der Waals surface area (Å²) in [5, 5.41) is 7.56. The van der Waals surface area contributed by atoms with E-state index >= 15 is 0 Å². The minimum Gasteiger partial charge on any atom is -0.347 e. The van der Waals surface area contributed by atoms with Gasteiger partial charge in [-0.1, -0.05) is 31.0 Å². The summed E-state index contributed by atoms with van der Waals surface area (Å²) >= 11 is 1.59. The second kappa shape index (κ2) is 9.18. The van der Waals surface area contributed by atoms with Crippen LogP contribution in [-0.2, 0) is 19.6 Å². The van der Waals surface area contributed by atoms with Crippen LogP contribution in [0.3, 0.4) is 0 Å². The van der Waals surface area contributed by atoms with Crippen molar-refractivity contribution in [2.45, 2.75) is 58.2 Å². The Hall–Kier alpha value is -1.14. The summed E-state index contributed by atoms with van der Waals surface area (Å²) in [6.07, 6.45) is 5.02. The van der Waals surface area contributed by atoms with E-state index in [1.807, 2.05) is 6.92 Å². The van der Waals surface area contributed by atoms with Gasteiger partial charge in [0.15, 0.2) is 0 Å². The van der Waals surface area contributed by atoms with Crippen LogP contribution in [0.1, 0.15) is 68.7 Å². The molecule has 26 heavy (non-hydrogen) atoms. The molecule has 0 bridgehead atoms. The average Bonchev–Trinajstić information content (AvgIpc) is 3.31. The molecule has 1 aromatic heterocycles. The number of hydrogen-bond acceptors (Lipinski definition) is 4. The summed E-state index contributed by atoms with van der Waals surface area (Å²) in [7, 11) is 0. The lowest BCUT2D eigenvalue weighted by atomic mass is 10.1. The number of nitrogens with one attached hydrogen (secondary N) is 2. The number of carbonyl (C=O) groups excluding carboxylic acids is 1. The zero-order chi connectivity index (χ0) is 16.5. The predicted octanol–water partition coefficient (Wildman–Crippen LogP) is 4.49. The fraction of sp³-hybridized carbons (Fsp3) is 0.474. The van der Waals surface area contributed by atoms with Crippen LogP contribution in [0.5, 0.6) is 0 Å². The molecule has 0 saturated heterocycles. The quantitative estimate of drug-likeness (QED) is 0.776. The van der Waals surface area contributed by atoms with Crippen molar-refractivity contribution >= 4 is 42.1 Å². The molecule has 0 unspecified atom stereocenters. The molecule has 4 rings (SSSR count). The lowest BCUT2D eigenvalue weighted by Crippen LogP contribution is -2.22. The first kappa shape index (κ1) is 21.2. The van der Waals surface area contributed by atoms with E-state index in [0.717, 1.165) is 34.2 Å². The number of thiazole rings is 1. The van der Waals surface area contributed by atoms with E-state index in [4.69, 9.17) is 0 Å². The predicted molar refractivity (Wildman–Crippen MR) is 111 cm³/mol. The topological polar surface area (TPSA) is 54.0 Å². The van der Waals surface area contributed by atoms with Gasteiger partial charge in [-0.05, 0) is 36.5 Å². The minimum atomic E-state index is 0. The number of rotatable bonds is 4. The molecule has 4 nitrogen and oxygen atoms in total. The van der Waals surface area contributed by atoms with Gasteiger partial charge in [0, 0.05) is 25.6 Å². The number of aryl methyl sites for hydroxylation is 1. The van der Waals surface area contributed by atoms with Crippen molar-refractivity contribution in [2.24, 2.45) is 0 Å². The highest BCUT2D eigenvalue weighted by molar-refractivity contribution is 7.13. The molecule has 1 aromatic carbocycles. The molecule has 0 spiro atoms. The lowest BCUT2D eigenvalue weighted by Gasteiger charge is -2.06. The number of aromatic nitrogens is 1. The van der Waals surface area contributed by atoms with Gasteiger partial charge in [-0.3, -0.25) is 4.79 Å². The summed E-state index contributed by atoms with van der Waals surface area (Å²) in [4.78, 5) is 18.0. The molecule has 1 aliphatic carbocycles. The zero-order valence-corrected chi connectivity index (χ0v) is 17.3. The zero-order valence-electron chi connectivity index (χ0n) is 14.8. The fourth-order valence-corrected chi connectivity index (χ4v) is 4.85. The van der Waals surface area contributed by atoms with Crippen LogP contribution in [0, 0.1) is 6.92 Å². The van der Waals surface area contributed by atoms with Gasteiger partial charge in [-0.25, -0.2) is 4.98 Å². The van der Waals surface area contributed by atoms with Gasteiger partial charge >= 0.3 is 0 Å². The Balaban J connectivity index is 0.00000121. The third-order valence-corrected chi connectivity index (χ3v) is 6.40. The number of nitrogens with zero attached hydrogens (tertiary/aromatic N) is 1. The van der Waals surface area contributed by atoms with E-state index in [2.05, 4.69) is 33.8 Å². The molecule has 1 fully saturated rings. The molecule has 2 N–H and O–H groups in total.